The summed E-state index contributed by atoms with van der Waals surface area (Å²) in [5.74, 6) is 0.432. The van der Waals surface area contributed by atoms with E-state index in [0.29, 0.717) is 12.5 Å². The van der Waals surface area contributed by atoms with Crippen LogP contribution in [0.15, 0.2) is 36.9 Å². The lowest BCUT2D eigenvalue weighted by Crippen LogP contribution is -2.29. The maximum absolute atomic E-state index is 9.40. The van der Waals surface area contributed by atoms with E-state index >= 15 is 0 Å². The van der Waals surface area contributed by atoms with Gasteiger partial charge in [-0.25, -0.2) is 9.67 Å². The molecule has 1 aromatic heterocycles. The lowest BCUT2D eigenvalue weighted by atomic mass is 10.0. The van der Waals surface area contributed by atoms with Crippen molar-refractivity contribution in [1.29, 1.82) is 0 Å². The molecule has 5 heteroatoms. The normalized spacial score (nSPS) is 20.3. The van der Waals surface area contributed by atoms with Gasteiger partial charge in [0.25, 0.3) is 0 Å². The van der Waals surface area contributed by atoms with Gasteiger partial charge < -0.3 is 5.11 Å². The molecule has 21 heavy (non-hydrogen) atoms. The Balaban J connectivity index is 1.64. The Hall–Kier alpha value is -1.72. The van der Waals surface area contributed by atoms with Crippen LogP contribution in [0.2, 0.25) is 0 Å². The molecule has 1 N–H and O–H groups in total. The summed E-state index contributed by atoms with van der Waals surface area (Å²) in [4.78, 5) is 6.42. The number of benzene rings is 1. The maximum atomic E-state index is 9.40. The first kappa shape index (κ1) is 14.2. The van der Waals surface area contributed by atoms with Gasteiger partial charge in [0.1, 0.15) is 12.7 Å². The molecule has 0 saturated carbocycles. The van der Waals surface area contributed by atoms with E-state index in [1.807, 2.05) is 0 Å². The summed E-state index contributed by atoms with van der Waals surface area (Å²) in [6, 6.07) is 8.45. The summed E-state index contributed by atoms with van der Waals surface area (Å²) in [6.45, 7) is 3.39. The Kier molecular flexibility index (Phi) is 4.62. The number of aliphatic hydroxyl groups is 1. The van der Waals surface area contributed by atoms with Crippen molar-refractivity contribution in [3.8, 4) is 5.69 Å². The molecule has 0 bridgehead atoms. The van der Waals surface area contributed by atoms with Crippen molar-refractivity contribution in [2.24, 2.45) is 5.92 Å². The molecule has 3 rings (SSSR count). The van der Waals surface area contributed by atoms with E-state index in [1.54, 1.807) is 17.3 Å². The summed E-state index contributed by atoms with van der Waals surface area (Å²) >= 11 is 0. The Labute approximate surface area is 125 Å². The Morgan fingerprint density at radius 1 is 1.19 bits per heavy atom. The second-order valence-corrected chi connectivity index (χ2v) is 5.79. The van der Waals surface area contributed by atoms with Gasteiger partial charge in [0, 0.05) is 19.7 Å². The third-order valence-corrected chi connectivity index (χ3v) is 4.14. The summed E-state index contributed by atoms with van der Waals surface area (Å²) < 4.78 is 1.76. The average molecular weight is 286 g/mol. The van der Waals surface area contributed by atoms with Crippen LogP contribution >= 0.6 is 0 Å². The lowest BCUT2D eigenvalue weighted by molar-refractivity contribution is 0.169. The van der Waals surface area contributed by atoms with Gasteiger partial charge in [-0.05, 0) is 43.0 Å². The van der Waals surface area contributed by atoms with E-state index < -0.39 is 0 Å². The third kappa shape index (κ3) is 3.68. The highest BCUT2D eigenvalue weighted by molar-refractivity contribution is 5.33. The van der Waals surface area contributed by atoms with Crippen LogP contribution in [0.5, 0.6) is 0 Å². The average Bonchev–Trinajstić information content (AvgIpc) is 2.96. The van der Waals surface area contributed by atoms with Gasteiger partial charge >= 0.3 is 0 Å². The van der Waals surface area contributed by atoms with Gasteiger partial charge in [-0.2, -0.15) is 5.10 Å². The molecule has 0 spiro atoms. The largest absolute Gasteiger partial charge is 0.396 e. The minimum absolute atomic E-state index is 0.307. The van der Waals surface area contributed by atoms with Gasteiger partial charge in [-0.1, -0.05) is 18.6 Å². The minimum Gasteiger partial charge on any atom is -0.396 e. The number of aromatic nitrogens is 3. The maximum Gasteiger partial charge on any atom is 0.138 e. The van der Waals surface area contributed by atoms with Crippen molar-refractivity contribution in [2.45, 2.75) is 25.8 Å². The molecule has 1 atom stereocenters. The molecule has 1 fully saturated rings. The third-order valence-electron chi connectivity index (χ3n) is 4.14. The number of hydrogen-bond acceptors (Lipinski definition) is 4. The van der Waals surface area contributed by atoms with Crippen LogP contribution in [0.25, 0.3) is 5.69 Å². The fraction of sp³-hybridized carbons (Fsp3) is 0.500. The first-order chi connectivity index (χ1) is 10.3. The highest BCUT2D eigenvalue weighted by Gasteiger charge is 2.17. The van der Waals surface area contributed by atoms with E-state index in [1.165, 1.54) is 18.4 Å². The summed E-state index contributed by atoms with van der Waals surface area (Å²) in [6.07, 6.45) is 6.86. The molecule has 0 amide bonds. The topological polar surface area (TPSA) is 54.2 Å². The predicted octanol–water partition coefficient (Wildman–Crippen LogP) is 1.86. The van der Waals surface area contributed by atoms with E-state index in [2.05, 4.69) is 39.2 Å². The quantitative estimate of drug-likeness (QED) is 0.932. The molecule has 1 aliphatic heterocycles. The molecule has 0 radical (unpaired) electrons. The van der Waals surface area contributed by atoms with Gasteiger partial charge in [-0.15, -0.1) is 0 Å². The zero-order valence-corrected chi connectivity index (χ0v) is 12.2. The number of likely N-dealkylation sites (tertiary alicyclic amines) is 1. The van der Waals surface area contributed by atoms with Crippen LogP contribution in [0.4, 0.5) is 0 Å². The number of nitrogens with zero attached hydrogens (tertiary/aromatic N) is 4. The smallest absolute Gasteiger partial charge is 0.138 e. The second-order valence-electron chi connectivity index (χ2n) is 5.79. The van der Waals surface area contributed by atoms with Crippen LogP contribution in [0.3, 0.4) is 0 Å². The zero-order valence-electron chi connectivity index (χ0n) is 12.2. The summed E-state index contributed by atoms with van der Waals surface area (Å²) in [5.41, 5.74) is 2.33. The first-order valence-electron chi connectivity index (χ1n) is 7.62. The van der Waals surface area contributed by atoms with Crippen molar-refractivity contribution in [1.82, 2.24) is 19.7 Å². The Morgan fingerprint density at radius 3 is 2.76 bits per heavy atom. The molecule has 1 aliphatic rings. The van der Waals surface area contributed by atoms with Crippen molar-refractivity contribution in [3.63, 3.8) is 0 Å². The lowest BCUT2D eigenvalue weighted by Gasteiger charge is -2.23. The SMILES string of the molecule is OCC1CCCCN(Cc2ccc(-n3cncn3)cc2)C1. The van der Waals surface area contributed by atoms with Crippen LogP contribution < -0.4 is 0 Å². The van der Waals surface area contributed by atoms with Crippen molar-refractivity contribution >= 4 is 0 Å². The molecular formula is C16H22N4O. The highest BCUT2D eigenvalue weighted by Crippen LogP contribution is 2.18. The van der Waals surface area contributed by atoms with Crippen molar-refractivity contribution in [2.75, 3.05) is 19.7 Å². The minimum atomic E-state index is 0.307. The van der Waals surface area contributed by atoms with Crippen LogP contribution in [0, 0.1) is 5.92 Å². The monoisotopic (exact) mass is 286 g/mol. The van der Waals surface area contributed by atoms with E-state index in [0.717, 1.165) is 31.7 Å². The van der Waals surface area contributed by atoms with E-state index in [-0.39, 0.29) is 0 Å². The van der Waals surface area contributed by atoms with Gasteiger partial charge in [0.2, 0.25) is 0 Å². The fourth-order valence-corrected chi connectivity index (χ4v) is 2.96. The Bertz CT molecular complexity index is 538. The van der Waals surface area contributed by atoms with Crippen LogP contribution in [-0.2, 0) is 6.54 Å². The molecular weight excluding hydrogens is 264 g/mol. The molecule has 1 unspecified atom stereocenters. The number of hydrogen-bond donors (Lipinski definition) is 1. The molecule has 2 aromatic rings. The molecule has 5 nitrogen and oxygen atoms in total. The molecule has 112 valence electrons. The van der Waals surface area contributed by atoms with E-state index in [4.69, 9.17) is 0 Å². The van der Waals surface area contributed by atoms with Gasteiger partial charge in [0.05, 0.1) is 5.69 Å². The fourth-order valence-electron chi connectivity index (χ4n) is 2.96. The molecule has 1 saturated heterocycles. The first-order valence-corrected chi connectivity index (χ1v) is 7.62. The van der Waals surface area contributed by atoms with Crippen molar-refractivity contribution in [3.05, 3.63) is 42.5 Å². The second kappa shape index (κ2) is 6.83. The standard InChI is InChI=1S/C16H22N4O/c21-11-15-3-1-2-8-19(10-15)9-14-4-6-16(7-5-14)20-13-17-12-18-20/h4-7,12-13,15,21H,1-3,8-11H2. The molecule has 2 heterocycles. The van der Waals surface area contributed by atoms with E-state index in [9.17, 15) is 5.11 Å². The van der Waals surface area contributed by atoms with Crippen molar-refractivity contribution < 1.29 is 5.11 Å². The van der Waals surface area contributed by atoms with Crippen LogP contribution in [0.1, 0.15) is 24.8 Å². The molecule has 0 aliphatic carbocycles. The summed E-state index contributed by atoms with van der Waals surface area (Å²) in [7, 11) is 0. The Morgan fingerprint density at radius 2 is 2.05 bits per heavy atom. The molecule has 1 aromatic carbocycles. The predicted molar refractivity (Wildman–Crippen MR) is 81.1 cm³/mol. The number of rotatable bonds is 4. The van der Waals surface area contributed by atoms with Crippen LogP contribution in [-0.4, -0.2) is 44.5 Å². The zero-order chi connectivity index (χ0) is 14.5. The number of aliphatic hydroxyl groups excluding tert-OH is 1. The highest BCUT2D eigenvalue weighted by atomic mass is 16.3. The summed E-state index contributed by atoms with van der Waals surface area (Å²) in [5, 5.41) is 13.5. The van der Waals surface area contributed by atoms with Gasteiger partial charge in [-0.3, -0.25) is 4.90 Å². The van der Waals surface area contributed by atoms with Gasteiger partial charge in [0.15, 0.2) is 0 Å².